The first-order valence-corrected chi connectivity index (χ1v) is 6.28. The Bertz CT molecular complexity index is 380. The highest BCUT2D eigenvalue weighted by molar-refractivity contribution is 5.49. The first-order valence-electron chi connectivity index (χ1n) is 6.28. The third kappa shape index (κ3) is 3.35. The van der Waals surface area contributed by atoms with Crippen LogP contribution in [0.15, 0.2) is 18.2 Å². The van der Waals surface area contributed by atoms with E-state index >= 15 is 0 Å². The summed E-state index contributed by atoms with van der Waals surface area (Å²) >= 11 is 0. The maximum atomic E-state index is 13.3. The van der Waals surface area contributed by atoms with Crippen LogP contribution < -0.4 is 10.1 Å². The zero-order chi connectivity index (χ0) is 12.3. The van der Waals surface area contributed by atoms with Crippen LogP contribution in [-0.4, -0.2) is 13.2 Å². The zero-order valence-corrected chi connectivity index (χ0v) is 10.5. The van der Waals surface area contributed by atoms with Crippen molar-refractivity contribution in [2.24, 2.45) is 5.92 Å². The summed E-state index contributed by atoms with van der Waals surface area (Å²) in [6.45, 7) is 2.28. The number of hydrogen-bond acceptors (Lipinski definition) is 2. The molecule has 0 bridgehead atoms. The van der Waals surface area contributed by atoms with Gasteiger partial charge in [0.1, 0.15) is 11.6 Å². The van der Waals surface area contributed by atoms with E-state index in [0.717, 1.165) is 11.6 Å². The summed E-state index contributed by atoms with van der Waals surface area (Å²) in [5, 5.41) is 3.41. The summed E-state index contributed by atoms with van der Waals surface area (Å²) < 4.78 is 18.4. The third-order valence-corrected chi connectivity index (χ3v) is 3.41. The predicted molar refractivity (Wildman–Crippen MR) is 68.0 cm³/mol. The van der Waals surface area contributed by atoms with Gasteiger partial charge in [-0.05, 0) is 24.8 Å². The zero-order valence-electron chi connectivity index (χ0n) is 10.5. The number of anilines is 1. The average Bonchev–Trinajstić information content (AvgIpc) is 2.28. The Morgan fingerprint density at radius 3 is 2.82 bits per heavy atom. The molecule has 17 heavy (non-hydrogen) atoms. The lowest BCUT2D eigenvalue weighted by molar-refractivity contribution is 0.358. The molecule has 3 heteroatoms. The summed E-state index contributed by atoms with van der Waals surface area (Å²) in [6, 6.07) is 5.24. The van der Waals surface area contributed by atoms with Crippen molar-refractivity contribution in [3.05, 3.63) is 24.0 Å². The van der Waals surface area contributed by atoms with Gasteiger partial charge in [0.15, 0.2) is 0 Å². The molecule has 2 rings (SSSR count). The predicted octanol–water partition coefficient (Wildman–Crippen LogP) is 3.82. The van der Waals surface area contributed by atoms with Crippen molar-refractivity contribution in [1.82, 2.24) is 0 Å². The van der Waals surface area contributed by atoms with Crippen LogP contribution in [-0.2, 0) is 0 Å². The fourth-order valence-electron chi connectivity index (χ4n) is 2.56. The first kappa shape index (κ1) is 12.2. The number of rotatable bonds is 3. The fraction of sp³-hybridized carbons (Fsp3) is 0.571. The number of nitrogens with one attached hydrogen (secondary N) is 1. The molecule has 0 amide bonds. The normalized spacial score (nSPS) is 24.4. The van der Waals surface area contributed by atoms with E-state index in [4.69, 9.17) is 4.74 Å². The molecule has 1 N–H and O–H groups in total. The van der Waals surface area contributed by atoms with Gasteiger partial charge in [-0.15, -0.1) is 0 Å². The Balaban J connectivity index is 2.04. The molecule has 0 aliphatic heterocycles. The van der Waals surface area contributed by atoms with Crippen molar-refractivity contribution in [3.63, 3.8) is 0 Å². The van der Waals surface area contributed by atoms with Crippen molar-refractivity contribution in [2.75, 3.05) is 12.4 Å². The summed E-state index contributed by atoms with van der Waals surface area (Å²) in [7, 11) is 1.56. The molecular weight excluding hydrogens is 217 g/mol. The molecule has 1 aromatic carbocycles. The molecule has 1 saturated carbocycles. The van der Waals surface area contributed by atoms with Crippen LogP contribution in [0.25, 0.3) is 0 Å². The van der Waals surface area contributed by atoms with Gasteiger partial charge in [0.25, 0.3) is 0 Å². The van der Waals surface area contributed by atoms with Gasteiger partial charge in [0, 0.05) is 23.9 Å². The van der Waals surface area contributed by atoms with Gasteiger partial charge < -0.3 is 10.1 Å². The van der Waals surface area contributed by atoms with E-state index in [1.807, 2.05) is 6.07 Å². The number of benzene rings is 1. The highest BCUT2D eigenvalue weighted by atomic mass is 19.1. The molecule has 0 aromatic heterocycles. The van der Waals surface area contributed by atoms with Crippen molar-refractivity contribution in [3.8, 4) is 5.75 Å². The lowest BCUT2D eigenvalue weighted by Crippen LogP contribution is -2.26. The minimum absolute atomic E-state index is 0.254. The quantitative estimate of drug-likeness (QED) is 0.862. The van der Waals surface area contributed by atoms with E-state index in [1.54, 1.807) is 7.11 Å². The Morgan fingerprint density at radius 2 is 2.12 bits per heavy atom. The summed E-state index contributed by atoms with van der Waals surface area (Å²) in [5.74, 6) is 1.07. The van der Waals surface area contributed by atoms with Crippen molar-refractivity contribution < 1.29 is 9.13 Å². The molecule has 1 aliphatic carbocycles. The van der Waals surface area contributed by atoms with Crippen molar-refractivity contribution in [1.29, 1.82) is 0 Å². The minimum atomic E-state index is -0.254. The summed E-state index contributed by atoms with van der Waals surface area (Å²) in [5.41, 5.74) is 0.820. The standard InChI is InChI=1S/C14H20FNO/c1-10-4-3-5-12(6-10)16-13-7-11(15)8-14(9-13)17-2/h7-10,12,16H,3-6H2,1-2H3. The third-order valence-electron chi connectivity index (χ3n) is 3.41. The molecule has 1 aromatic rings. The van der Waals surface area contributed by atoms with Crippen molar-refractivity contribution in [2.45, 2.75) is 38.6 Å². The Kier molecular flexibility index (Phi) is 3.87. The van der Waals surface area contributed by atoms with Crippen LogP contribution in [0.4, 0.5) is 10.1 Å². The van der Waals surface area contributed by atoms with Gasteiger partial charge in [-0.3, -0.25) is 0 Å². The number of halogens is 1. The molecular formula is C14H20FNO. The van der Waals surface area contributed by atoms with Gasteiger partial charge >= 0.3 is 0 Å². The Morgan fingerprint density at radius 1 is 1.29 bits per heavy atom. The van der Waals surface area contributed by atoms with Gasteiger partial charge in [0.2, 0.25) is 0 Å². The molecule has 2 atom stereocenters. The molecule has 94 valence electrons. The fourth-order valence-corrected chi connectivity index (χ4v) is 2.56. The van der Waals surface area contributed by atoms with Gasteiger partial charge in [-0.2, -0.15) is 0 Å². The molecule has 0 heterocycles. The second-order valence-corrected chi connectivity index (χ2v) is 4.99. The minimum Gasteiger partial charge on any atom is -0.497 e. The summed E-state index contributed by atoms with van der Waals surface area (Å²) in [6.07, 6.45) is 4.90. The van der Waals surface area contributed by atoms with Crippen LogP contribution in [0.5, 0.6) is 5.75 Å². The number of hydrogen-bond donors (Lipinski definition) is 1. The number of ether oxygens (including phenoxy) is 1. The van der Waals surface area contributed by atoms with Crippen LogP contribution in [0.2, 0.25) is 0 Å². The van der Waals surface area contributed by atoms with Crippen molar-refractivity contribution >= 4 is 5.69 Å². The molecule has 0 radical (unpaired) electrons. The van der Waals surface area contributed by atoms with Gasteiger partial charge in [-0.1, -0.05) is 19.8 Å². The molecule has 1 aliphatic rings. The Labute approximate surface area is 102 Å². The molecule has 2 nitrogen and oxygen atoms in total. The second-order valence-electron chi connectivity index (χ2n) is 4.99. The monoisotopic (exact) mass is 237 g/mol. The van der Waals surface area contributed by atoms with E-state index in [2.05, 4.69) is 12.2 Å². The molecule has 0 saturated heterocycles. The lowest BCUT2D eigenvalue weighted by atomic mass is 9.87. The molecule has 0 spiro atoms. The van der Waals surface area contributed by atoms with E-state index in [9.17, 15) is 4.39 Å². The average molecular weight is 237 g/mol. The molecule has 2 unspecified atom stereocenters. The van der Waals surface area contributed by atoms with E-state index in [-0.39, 0.29) is 5.82 Å². The van der Waals surface area contributed by atoms with Crippen LogP contribution in [0.3, 0.4) is 0 Å². The van der Waals surface area contributed by atoms with Crippen LogP contribution in [0.1, 0.15) is 32.6 Å². The first-order chi connectivity index (χ1) is 8.17. The Hall–Kier alpha value is -1.25. The van der Waals surface area contributed by atoms with Crippen LogP contribution >= 0.6 is 0 Å². The topological polar surface area (TPSA) is 21.3 Å². The molecule has 1 fully saturated rings. The summed E-state index contributed by atoms with van der Waals surface area (Å²) in [4.78, 5) is 0. The SMILES string of the molecule is COc1cc(F)cc(NC2CCCC(C)C2)c1. The maximum absolute atomic E-state index is 13.3. The maximum Gasteiger partial charge on any atom is 0.128 e. The second kappa shape index (κ2) is 5.39. The highest BCUT2D eigenvalue weighted by Gasteiger charge is 2.18. The highest BCUT2D eigenvalue weighted by Crippen LogP contribution is 2.27. The van der Waals surface area contributed by atoms with Gasteiger partial charge in [-0.25, -0.2) is 4.39 Å². The van der Waals surface area contributed by atoms with E-state index in [0.29, 0.717) is 11.8 Å². The van der Waals surface area contributed by atoms with E-state index < -0.39 is 0 Å². The largest absolute Gasteiger partial charge is 0.497 e. The van der Waals surface area contributed by atoms with E-state index in [1.165, 1.54) is 37.8 Å². The van der Waals surface area contributed by atoms with Crippen LogP contribution in [0, 0.1) is 11.7 Å². The smallest absolute Gasteiger partial charge is 0.128 e. The lowest BCUT2D eigenvalue weighted by Gasteiger charge is -2.28. The number of methoxy groups -OCH3 is 1. The van der Waals surface area contributed by atoms with Gasteiger partial charge in [0.05, 0.1) is 7.11 Å².